The topological polar surface area (TPSA) is 74.5 Å². The average Bonchev–Trinajstić information content (AvgIpc) is 3.50. The Balaban J connectivity index is 1.22. The second-order valence-electron chi connectivity index (χ2n) is 7.90. The number of carbonyl (C=O) groups is 1. The quantitative estimate of drug-likeness (QED) is 0.485. The van der Waals surface area contributed by atoms with Crippen molar-refractivity contribution < 1.29 is 9.32 Å². The zero-order valence-electron chi connectivity index (χ0n) is 18.0. The van der Waals surface area contributed by atoms with Crippen molar-refractivity contribution in [3.63, 3.8) is 0 Å². The van der Waals surface area contributed by atoms with Crippen molar-refractivity contribution in [3.05, 3.63) is 65.2 Å². The summed E-state index contributed by atoms with van der Waals surface area (Å²) >= 11 is 1.58. The Morgan fingerprint density at radius 1 is 1.12 bits per heavy atom. The number of rotatable bonds is 6. The van der Waals surface area contributed by atoms with Crippen LogP contribution in [-0.2, 0) is 0 Å². The average molecular weight is 448 g/mol. The second-order valence-corrected chi connectivity index (χ2v) is 8.85. The van der Waals surface area contributed by atoms with E-state index in [0.717, 1.165) is 43.3 Å². The molecule has 1 N–H and O–H groups in total. The smallest absolute Gasteiger partial charge is 0.259 e. The fraction of sp³-hybridized carbons (Fsp3) is 0.292. The maximum Gasteiger partial charge on any atom is 0.259 e. The Hall–Kier alpha value is -3.23. The molecule has 1 aliphatic rings. The van der Waals surface area contributed by atoms with Gasteiger partial charge in [-0.15, -0.1) is 11.3 Å². The number of piperazine rings is 1. The van der Waals surface area contributed by atoms with Crippen molar-refractivity contribution >= 4 is 34.0 Å². The van der Waals surface area contributed by atoms with Gasteiger partial charge < -0.3 is 14.7 Å². The first-order valence-corrected chi connectivity index (χ1v) is 11.7. The lowest BCUT2D eigenvalue weighted by atomic mass is 10.1. The first kappa shape index (κ1) is 20.7. The van der Waals surface area contributed by atoms with Crippen LogP contribution in [0.25, 0.3) is 21.7 Å². The maximum atomic E-state index is 13.1. The number of anilines is 1. The molecule has 1 aliphatic heterocycles. The Morgan fingerprint density at radius 2 is 1.94 bits per heavy atom. The van der Waals surface area contributed by atoms with Gasteiger partial charge in [0, 0.05) is 45.0 Å². The molecule has 1 saturated heterocycles. The molecule has 5 rings (SSSR count). The van der Waals surface area contributed by atoms with Gasteiger partial charge in [-0.05, 0) is 36.6 Å². The predicted molar refractivity (Wildman–Crippen MR) is 127 cm³/mol. The molecule has 164 valence electrons. The van der Waals surface area contributed by atoms with E-state index in [1.165, 1.54) is 5.69 Å². The van der Waals surface area contributed by atoms with Crippen molar-refractivity contribution in [2.24, 2.45) is 0 Å². The Bertz CT molecular complexity index is 1200. The molecule has 0 atom stereocenters. The molecule has 0 aliphatic carbocycles. The van der Waals surface area contributed by atoms with Crippen LogP contribution in [0.5, 0.6) is 0 Å². The molecule has 0 unspecified atom stereocenters. The molecule has 1 amide bonds. The zero-order valence-corrected chi connectivity index (χ0v) is 18.8. The molecule has 0 radical (unpaired) electrons. The second kappa shape index (κ2) is 9.10. The van der Waals surface area contributed by atoms with Crippen molar-refractivity contribution in [1.82, 2.24) is 20.4 Å². The number of aryl methyl sites for hydroxylation is 1. The molecule has 1 fully saturated rings. The number of carbonyl (C=O) groups excluding carboxylic acids is 1. The number of nitrogens with zero attached hydrogens (tertiary/aromatic N) is 4. The molecular formula is C24H25N5O2S. The summed E-state index contributed by atoms with van der Waals surface area (Å²) in [6, 6.07) is 16.3. The van der Waals surface area contributed by atoms with Gasteiger partial charge in [0.2, 0.25) is 0 Å². The Kier molecular flexibility index (Phi) is 5.87. The number of thiophene rings is 1. The minimum atomic E-state index is -0.121. The first-order valence-electron chi connectivity index (χ1n) is 10.8. The van der Waals surface area contributed by atoms with Crippen molar-refractivity contribution in [2.45, 2.75) is 6.92 Å². The highest BCUT2D eigenvalue weighted by atomic mass is 32.1. The summed E-state index contributed by atoms with van der Waals surface area (Å²) in [4.78, 5) is 23.4. The summed E-state index contributed by atoms with van der Waals surface area (Å²) in [5.41, 5.74) is 3.63. The van der Waals surface area contributed by atoms with Gasteiger partial charge >= 0.3 is 0 Å². The van der Waals surface area contributed by atoms with E-state index in [9.17, 15) is 4.79 Å². The van der Waals surface area contributed by atoms with Crippen molar-refractivity contribution in [3.8, 4) is 10.6 Å². The van der Waals surface area contributed by atoms with Crippen LogP contribution < -0.4 is 10.2 Å². The predicted octanol–water partition coefficient (Wildman–Crippen LogP) is 3.81. The summed E-state index contributed by atoms with van der Waals surface area (Å²) in [7, 11) is 0. The third-order valence-corrected chi connectivity index (χ3v) is 6.73. The molecule has 4 aromatic rings. The number of para-hydroxylation sites is 1. The van der Waals surface area contributed by atoms with Crippen molar-refractivity contribution in [1.29, 1.82) is 0 Å². The first-order chi connectivity index (χ1) is 15.7. The normalized spacial score (nSPS) is 14.7. The molecule has 0 saturated carbocycles. The molecule has 0 spiro atoms. The highest BCUT2D eigenvalue weighted by molar-refractivity contribution is 7.13. The summed E-state index contributed by atoms with van der Waals surface area (Å²) in [5.74, 6) is -0.121. The van der Waals surface area contributed by atoms with Gasteiger partial charge in [0.1, 0.15) is 0 Å². The summed E-state index contributed by atoms with van der Waals surface area (Å²) in [6.45, 7) is 7.20. The van der Waals surface area contributed by atoms with Gasteiger partial charge in [-0.2, -0.15) is 0 Å². The molecule has 8 heteroatoms. The minimum absolute atomic E-state index is 0.121. The highest BCUT2D eigenvalue weighted by Gasteiger charge is 2.21. The van der Waals surface area contributed by atoms with Crippen LogP contribution >= 0.6 is 11.3 Å². The third kappa shape index (κ3) is 4.24. The fourth-order valence-corrected chi connectivity index (χ4v) is 4.80. The van der Waals surface area contributed by atoms with E-state index in [1.807, 2.05) is 36.6 Å². The van der Waals surface area contributed by atoms with Crippen LogP contribution in [0.1, 0.15) is 16.1 Å². The van der Waals surface area contributed by atoms with Crippen LogP contribution in [-0.4, -0.2) is 60.2 Å². The van der Waals surface area contributed by atoms with E-state index < -0.39 is 0 Å². The fourth-order valence-electron chi connectivity index (χ4n) is 4.12. The molecule has 7 nitrogen and oxygen atoms in total. The molecule has 0 bridgehead atoms. The van der Waals surface area contributed by atoms with Gasteiger partial charge in [0.05, 0.1) is 27.2 Å². The largest absolute Gasteiger partial charge is 0.369 e. The molecule has 1 aromatic carbocycles. The van der Waals surface area contributed by atoms with E-state index in [1.54, 1.807) is 11.3 Å². The number of amides is 1. The number of nitrogens with one attached hydrogen (secondary N) is 1. The lowest BCUT2D eigenvalue weighted by Gasteiger charge is -2.36. The van der Waals surface area contributed by atoms with Gasteiger partial charge in [-0.1, -0.05) is 29.4 Å². The molecule has 32 heavy (non-hydrogen) atoms. The van der Waals surface area contributed by atoms with Crippen LogP contribution in [0.4, 0.5) is 5.69 Å². The summed E-state index contributed by atoms with van der Waals surface area (Å²) in [5, 5.41) is 9.77. The third-order valence-electron chi connectivity index (χ3n) is 5.84. The number of fused-ring (bicyclic) bond motifs is 1. The van der Waals surface area contributed by atoms with Crippen LogP contribution in [0.2, 0.25) is 0 Å². The van der Waals surface area contributed by atoms with Crippen molar-refractivity contribution in [2.75, 3.05) is 44.2 Å². The van der Waals surface area contributed by atoms with Gasteiger partial charge in [0.15, 0.2) is 0 Å². The summed E-state index contributed by atoms with van der Waals surface area (Å²) in [6.07, 6.45) is 0. The standard InChI is InChI=1S/C24H25N5O2S/c1-17-22-19(16-20(21-8-5-15-32-21)26-24(22)31-27-17)23(30)25-9-10-28-11-13-29(14-12-28)18-6-3-2-4-7-18/h2-8,15-16H,9-14H2,1H3,(H,25,30). The lowest BCUT2D eigenvalue weighted by Crippen LogP contribution is -2.48. The minimum Gasteiger partial charge on any atom is -0.369 e. The van der Waals surface area contributed by atoms with E-state index in [-0.39, 0.29) is 5.91 Å². The van der Waals surface area contributed by atoms with Gasteiger partial charge in [0.25, 0.3) is 11.6 Å². The number of pyridine rings is 1. The SMILES string of the molecule is Cc1noc2nc(-c3cccs3)cc(C(=O)NCCN3CCN(c4ccccc4)CC3)c12. The number of aromatic nitrogens is 2. The van der Waals surface area contributed by atoms with E-state index >= 15 is 0 Å². The monoisotopic (exact) mass is 447 g/mol. The number of hydrogen-bond acceptors (Lipinski definition) is 7. The van der Waals surface area contributed by atoms with E-state index in [2.05, 4.69) is 49.5 Å². The summed E-state index contributed by atoms with van der Waals surface area (Å²) < 4.78 is 5.38. The van der Waals surface area contributed by atoms with Gasteiger partial charge in [-0.25, -0.2) is 4.98 Å². The Labute approximate surface area is 190 Å². The maximum absolute atomic E-state index is 13.1. The van der Waals surface area contributed by atoms with E-state index in [4.69, 9.17) is 4.52 Å². The van der Waals surface area contributed by atoms with E-state index in [0.29, 0.717) is 28.9 Å². The number of benzene rings is 1. The molecular weight excluding hydrogens is 422 g/mol. The molecule has 4 heterocycles. The zero-order chi connectivity index (χ0) is 21.9. The van der Waals surface area contributed by atoms with Crippen LogP contribution in [0, 0.1) is 6.92 Å². The Morgan fingerprint density at radius 3 is 2.69 bits per heavy atom. The molecule has 3 aromatic heterocycles. The lowest BCUT2D eigenvalue weighted by molar-refractivity contribution is 0.0949. The number of hydrogen-bond donors (Lipinski definition) is 1. The van der Waals surface area contributed by atoms with Crippen LogP contribution in [0.3, 0.4) is 0 Å². The van der Waals surface area contributed by atoms with Crippen LogP contribution in [0.15, 0.2) is 58.4 Å². The highest BCUT2D eigenvalue weighted by Crippen LogP contribution is 2.29. The van der Waals surface area contributed by atoms with Gasteiger partial charge in [-0.3, -0.25) is 9.69 Å².